The average molecular weight is 260 g/mol. The van der Waals surface area contributed by atoms with E-state index >= 15 is 0 Å². The lowest BCUT2D eigenvalue weighted by Gasteiger charge is -2.30. The molecule has 1 unspecified atom stereocenters. The van der Waals surface area contributed by atoms with Crippen LogP contribution in [0, 0.1) is 11.3 Å². The van der Waals surface area contributed by atoms with Gasteiger partial charge in [0.1, 0.15) is 11.8 Å². The van der Waals surface area contributed by atoms with E-state index in [2.05, 4.69) is 15.2 Å². The summed E-state index contributed by atoms with van der Waals surface area (Å²) >= 11 is 0. The fraction of sp³-hybridized carbons (Fsp3) is 0.462. The van der Waals surface area contributed by atoms with Crippen LogP contribution in [0.5, 0.6) is 0 Å². The van der Waals surface area contributed by atoms with Crippen LogP contribution in [0.3, 0.4) is 0 Å². The van der Waals surface area contributed by atoms with Gasteiger partial charge >= 0.3 is 0 Å². The van der Waals surface area contributed by atoms with E-state index in [4.69, 9.17) is 10.00 Å². The second-order valence-corrected chi connectivity index (χ2v) is 4.51. The summed E-state index contributed by atoms with van der Waals surface area (Å²) in [6.07, 6.45) is 1.40. The van der Waals surface area contributed by atoms with Crippen molar-refractivity contribution >= 4 is 5.91 Å². The van der Waals surface area contributed by atoms with E-state index in [9.17, 15) is 4.79 Å². The Balaban J connectivity index is 1.85. The number of aromatic nitrogens is 1. The fourth-order valence-electron chi connectivity index (χ4n) is 1.88. The number of nitrogens with zero attached hydrogens (tertiary/aromatic N) is 3. The van der Waals surface area contributed by atoms with Crippen molar-refractivity contribution < 1.29 is 9.53 Å². The maximum Gasteiger partial charge on any atom is 0.269 e. The number of nitriles is 1. The third-order valence-electron chi connectivity index (χ3n) is 2.96. The molecule has 1 aromatic rings. The van der Waals surface area contributed by atoms with E-state index in [1.54, 1.807) is 12.1 Å². The van der Waals surface area contributed by atoms with Gasteiger partial charge in [-0.3, -0.25) is 4.79 Å². The molecule has 19 heavy (non-hydrogen) atoms. The van der Waals surface area contributed by atoms with Crippen molar-refractivity contribution in [1.29, 1.82) is 5.26 Å². The first-order chi connectivity index (χ1) is 9.19. The molecule has 6 heteroatoms. The number of morpholine rings is 1. The molecule has 2 heterocycles. The maximum absolute atomic E-state index is 11.8. The Hall–Kier alpha value is -1.97. The molecule has 0 bridgehead atoms. The summed E-state index contributed by atoms with van der Waals surface area (Å²) in [5.41, 5.74) is 0.747. The summed E-state index contributed by atoms with van der Waals surface area (Å²) in [6, 6.07) is 5.08. The first-order valence-corrected chi connectivity index (χ1v) is 6.13. The Labute approximate surface area is 112 Å². The molecule has 1 fully saturated rings. The Kier molecular flexibility index (Phi) is 4.44. The summed E-state index contributed by atoms with van der Waals surface area (Å²) in [6.45, 7) is 2.87. The molecular weight excluding hydrogens is 244 g/mol. The zero-order valence-corrected chi connectivity index (χ0v) is 10.8. The molecule has 100 valence electrons. The van der Waals surface area contributed by atoms with Gasteiger partial charge in [0.25, 0.3) is 5.91 Å². The van der Waals surface area contributed by atoms with Gasteiger partial charge in [-0.1, -0.05) is 0 Å². The van der Waals surface area contributed by atoms with Gasteiger partial charge in [-0.15, -0.1) is 0 Å². The van der Waals surface area contributed by atoms with Crippen LogP contribution in [0.2, 0.25) is 0 Å². The highest BCUT2D eigenvalue weighted by atomic mass is 16.5. The van der Waals surface area contributed by atoms with Gasteiger partial charge in [-0.05, 0) is 19.2 Å². The number of hydrogen-bond acceptors (Lipinski definition) is 5. The van der Waals surface area contributed by atoms with Crippen LogP contribution in [-0.4, -0.2) is 55.2 Å². The number of amides is 1. The molecule has 6 nitrogen and oxygen atoms in total. The number of carbonyl (C=O) groups excluding carboxylic acids is 1. The maximum atomic E-state index is 11.8. The van der Waals surface area contributed by atoms with Crippen LogP contribution in [0.1, 0.15) is 16.1 Å². The Bertz CT molecular complexity index is 480. The Morgan fingerprint density at radius 1 is 1.68 bits per heavy atom. The lowest BCUT2D eigenvalue weighted by molar-refractivity contribution is -0.0175. The Morgan fingerprint density at radius 2 is 2.53 bits per heavy atom. The SMILES string of the molecule is CN1CCOC(CNC(=O)c2ccc(C#N)cn2)C1. The minimum atomic E-state index is -0.249. The molecule has 2 rings (SSSR count). The molecule has 1 aliphatic heterocycles. The van der Waals surface area contributed by atoms with E-state index in [1.807, 2.05) is 13.1 Å². The average Bonchev–Trinajstić information content (AvgIpc) is 2.45. The third-order valence-corrected chi connectivity index (χ3v) is 2.96. The van der Waals surface area contributed by atoms with Crippen LogP contribution < -0.4 is 5.32 Å². The van der Waals surface area contributed by atoms with Crippen molar-refractivity contribution in [1.82, 2.24) is 15.2 Å². The number of hydrogen-bond donors (Lipinski definition) is 1. The second kappa shape index (κ2) is 6.27. The molecule has 0 radical (unpaired) electrons. The van der Waals surface area contributed by atoms with Gasteiger partial charge in [0.15, 0.2) is 0 Å². The lowest BCUT2D eigenvalue weighted by Crippen LogP contribution is -2.46. The molecule has 1 atom stereocenters. The minimum absolute atomic E-state index is 0.0149. The Morgan fingerprint density at radius 3 is 3.16 bits per heavy atom. The summed E-state index contributed by atoms with van der Waals surface area (Å²) in [7, 11) is 2.03. The number of ether oxygens (including phenoxy) is 1. The van der Waals surface area contributed by atoms with Gasteiger partial charge in [0, 0.05) is 25.8 Å². The van der Waals surface area contributed by atoms with E-state index in [1.165, 1.54) is 6.20 Å². The zero-order chi connectivity index (χ0) is 13.7. The van der Waals surface area contributed by atoms with Crippen LogP contribution in [-0.2, 0) is 4.74 Å². The minimum Gasteiger partial charge on any atom is -0.374 e. The van der Waals surface area contributed by atoms with Crippen molar-refractivity contribution in [2.24, 2.45) is 0 Å². The van der Waals surface area contributed by atoms with E-state index in [0.717, 1.165) is 13.1 Å². The number of pyridine rings is 1. The highest BCUT2D eigenvalue weighted by Gasteiger charge is 2.18. The van der Waals surface area contributed by atoms with E-state index in [-0.39, 0.29) is 12.0 Å². The molecule has 0 saturated carbocycles. The van der Waals surface area contributed by atoms with Crippen LogP contribution in [0.4, 0.5) is 0 Å². The normalized spacial score (nSPS) is 19.7. The van der Waals surface area contributed by atoms with Crippen LogP contribution >= 0.6 is 0 Å². The number of rotatable bonds is 3. The van der Waals surface area contributed by atoms with E-state index < -0.39 is 0 Å². The molecule has 0 aliphatic carbocycles. The first-order valence-electron chi connectivity index (χ1n) is 6.13. The summed E-state index contributed by atoms with van der Waals surface area (Å²) in [5, 5.41) is 11.4. The van der Waals surface area contributed by atoms with Crippen molar-refractivity contribution in [3.8, 4) is 6.07 Å². The predicted octanol–water partition coefficient (Wildman–Crippen LogP) is 0.0137. The molecule has 1 amide bonds. The predicted molar refractivity (Wildman–Crippen MR) is 68.5 cm³/mol. The quantitative estimate of drug-likeness (QED) is 0.828. The monoisotopic (exact) mass is 260 g/mol. The van der Waals surface area contributed by atoms with Gasteiger partial charge in [-0.25, -0.2) is 4.98 Å². The lowest BCUT2D eigenvalue weighted by atomic mass is 10.2. The van der Waals surface area contributed by atoms with Gasteiger partial charge in [0.05, 0.1) is 18.3 Å². The zero-order valence-electron chi connectivity index (χ0n) is 10.8. The van der Waals surface area contributed by atoms with Crippen molar-refractivity contribution in [3.63, 3.8) is 0 Å². The van der Waals surface area contributed by atoms with Crippen molar-refractivity contribution in [2.45, 2.75) is 6.10 Å². The van der Waals surface area contributed by atoms with Crippen LogP contribution in [0.15, 0.2) is 18.3 Å². The van der Waals surface area contributed by atoms with Crippen molar-refractivity contribution in [2.75, 3.05) is 33.3 Å². The van der Waals surface area contributed by atoms with Gasteiger partial charge in [0.2, 0.25) is 0 Å². The van der Waals surface area contributed by atoms with Crippen LogP contribution in [0.25, 0.3) is 0 Å². The summed E-state index contributed by atoms with van der Waals surface area (Å²) in [4.78, 5) is 18.0. The molecule has 0 spiro atoms. The third kappa shape index (κ3) is 3.74. The molecular formula is C13H16N4O2. The smallest absolute Gasteiger partial charge is 0.269 e. The summed E-state index contributed by atoms with van der Waals surface area (Å²) < 4.78 is 5.55. The van der Waals surface area contributed by atoms with Gasteiger partial charge in [-0.2, -0.15) is 5.26 Å². The molecule has 1 aliphatic rings. The van der Waals surface area contributed by atoms with Crippen molar-refractivity contribution in [3.05, 3.63) is 29.6 Å². The molecule has 1 aromatic heterocycles. The topological polar surface area (TPSA) is 78.2 Å². The number of nitrogens with one attached hydrogen (secondary N) is 1. The molecule has 1 N–H and O–H groups in total. The van der Waals surface area contributed by atoms with Gasteiger partial charge < -0.3 is 15.0 Å². The number of likely N-dealkylation sites (N-methyl/N-ethyl adjacent to an activating group) is 1. The highest BCUT2D eigenvalue weighted by molar-refractivity contribution is 5.92. The standard InChI is InChI=1S/C13H16N4O2/c1-17-4-5-19-11(9-17)8-16-13(18)12-3-2-10(6-14)7-15-12/h2-3,7,11H,4-5,8-9H2,1H3,(H,16,18). The number of carbonyl (C=O) groups is 1. The highest BCUT2D eigenvalue weighted by Crippen LogP contribution is 2.03. The largest absolute Gasteiger partial charge is 0.374 e. The fourth-order valence-corrected chi connectivity index (χ4v) is 1.88. The summed E-state index contributed by atoms with van der Waals surface area (Å²) in [5.74, 6) is -0.249. The van der Waals surface area contributed by atoms with E-state index in [0.29, 0.717) is 24.4 Å². The second-order valence-electron chi connectivity index (χ2n) is 4.51. The molecule has 0 aromatic carbocycles. The molecule has 1 saturated heterocycles. The first kappa shape index (κ1) is 13.5.